The molecule has 0 spiro atoms. The molecule has 1 heterocycles. The number of nitrogens with zero attached hydrogens (tertiary/aromatic N) is 2. The van der Waals surface area contributed by atoms with E-state index in [1.54, 1.807) is 12.1 Å². The monoisotopic (exact) mass is 466 g/mol. The van der Waals surface area contributed by atoms with E-state index < -0.39 is 11.6 Å². The van der Waals surface area contributed by atoms with Crippen LogP contribution in [0.15, 0.2) is 60.7 Å². The van der Waals surface area contributed by atoms with Gasteiger partial charge in [0.25, 0.3) is 0 Å². The first-order valence-corrected chi connectivity index (χ1v) is 10.7. The van der Waals surface area contributed by atoms with Gasteiger partial charge in [0.15, 0.2) is 11.6 Å². The molecule has 0 N–H and O–H groups in total. The summed E-state index contributed by atoms with van der Waals surface area (Å²) in [7, 11) is 0. The Kier molecular flexibility index (Phi) is 6.49. The number of halogens is 5. The van der Waals surface area contributed by atoms with Gasteiger partial charge in [0.05, 0.1) is 16.8 Å². The highest BCUT2D eigenvalue weighted by Gasteiger charge is 2.30. The van der Waals surface area contributed by atoms with Crippen LogP contribution in [0, 0.1) is 11.6 Å². The third-order valence-corrected chi connectivity index (χ3v) is 6.15. The van der Waals surface area contributed by atoms with Crippen LogP contribution in [-0.2, 0) is 6.54 Å². The molecule has 156 valence electrons. The maximum Gasteiger partial charge on any atom is 0.163 e. The lowest BCUT2D eigenvalue weighted by Crippen LogP contribution is -2.48. The minimum atomic E-state index is -0.826. The molecule has 1 fully saturated rings. The average molecular weight is 468 g/mol. The summed E-state index contributed by atoms with van der Waals surface area (Å²) in [6.07, 6.45) is 0. The van der Waals surface area contributed by atoms with Crippen molar-refractivity contribution in [1.29, 1.82) is 0 Å². The first-order chi connectivity index (χ1) is 14.4. The van der Waals surface area contributed by atoms with E-state index in [1.807, 2.05) is 36.4 Å². The van der Waals surface area contributed by atoms with Gasteiger partial charge in [0.2, 0.25) is 0 Å². The molecule has 30 heavy (non-hydrogen) atoms. The highest BCUT2D eigenvalue weighted by atomic mass is 35.5. The standard InChI is InChI=1S/C23H19Cl3F2N2/c24-17-6-4-15(5-7-17)22-14-29(13-16-2-1-3-20(27)23(16)28)10-11-30(22)21-9-8-18(25)12-19(21)26/h1-9,12,22H,10-11,13-14H2. The Bertz CT molecular complexity index is 1040. The van der Waals surface area contributed by atoms with Gasteiger partial charge in [-0.2, -0.15) is 0 Å². The van der Waals surface area contributed by atoms with Crippen LogP contribution in [0.3, 0.4) is 0 Å². The predicted molar refractivity (Wildman–Crippen MR) is 120 cm³/mol. The van der Waals surface area contributed by atoms with Crippen molar-refractivity contribution in [2.45, 2.75) is 12.6 Å². The molecule has 0 saturated carbocycles. The van der Waals surface area contributed by atoms with Crippen molar-refractivity contribution in [3.8, 4) is 0 Å². The molecule has 0 amide bonds. The minimum Gasteiger partial charge on any atom is -0.361 e. The third kappa shape index (κ3) is 4.57. The lowest BCUT2D eigenvalue weighted by Gasteiger charge is -2.43. The van der Waals surface area contributed by atoms with Gasteiger partial charge in [0, 0.05) is 41.8 Å². The molecule has 1 aliphatic rings. The first kappa shape index (κ1) is 21.4. The van der Waals surface area contributed by atoms with Crippen LogP contribution in [0.4, 0.5) is 14.5 Å². The fourth-order valence-electron chi connectivity index (χ4n) is 3.87. The fraction of sp³-hybridized carbons (Fsp3) is 0.217. The molecule has 1 unspecified atom stereocenters. The Labute approximate surface area is 189 Å². The van der Waals surface area contributed by atoms with Gasteiger partial charge in [-0.25, -0.2) is 8.78 Å². The van der Waals surface area contributed by atoms with Crippen molar-refractivity contribution in [2.24, 2.45) is 0 Å². The van der Waals surface area contributed by atoms with E-state index in [9.17, 15) is 8.78 Å². The molecule has 0 bridgehead atoms. The van der Waals surface area contributed by atoms with Crippen molar-refractivity contribution >= 4 is 40.5 Å². The molecule has 0 aliphatic carbocycles. The zero-order chi connectivity index (χ0) is 21.3. The van der Waals surface area contributed by atoms with E-state index in [1.165, 1.54) is 6.07 Å². The van der Waals surface area contributed by atoms with E-state index in [0.29, 0.717) is 46.8 Å². The van der Waals surface area contributed by atoms with E-state index in [0.717, 1.165) is 17.3 Å². The molecule has 7 heteroatoms. The SMILES string of the molecule is Fc1cccc(CN2CCN(c3ccc(Cl)cc3Cl)C(c3ccc(Cl)cc3)C2)c1F. The summed E-state index contributed by atoms with van der Waals surface area (Å²) in [5.41, 5.74) is 2.30. The first-order valence-electron chi connectivity index (χ1n) is 9.55. The third-order valence-electron chi connectivity index (χ3n) is 5.36. The van der Waals surface area contributed by atoms with Gasteiger partial charge >= 0.3 is 0 Å². The number of anilines is 1. The van der Waals surface area contributed by atoms with Crippen LogP contribution in [0.2, 0.25) is 15.1 Å². The predicted octanol–water partition coefficient (Wildman–Crippen LogP) is 6.99. The summed E-state index contributed by atoms with van der Waals surface area (Å²) in [5.74, 6) is -1.61. The largest absolute Gasteiger partial charge is 0.361 e. The summed E-state index contributed by atoms with van der Waals surface area (Å²) < 4.78 is 27.8. The maximum absolute atomic E-state index is 14.2. The lowest BCUT2D eigenvalue weighted by atomic mass is 10.0. The van der Waals surface area contributed by atoms with Crippen LogP contribution in [0.5, 0.6) is 0 Å². The van der Waals surface area contributed by atoms with Crippen molar-refractivity contribution in [3.05, 3.63) is 98.5 Å². The van der Waals surface area contributed by atoms with Crippen molar-refractivity contribution in [1.82, 2.24) is 4.90 Å². The smallest absolute Gasteiger partial charge is 0.163 e. The molecule has 3 aromatic rings. The number of benzene rings is 3. The Morgan fingerprint density at radius 1 is 0.867 bits per heavy atom. The molecule has 0 aromatic heterocycles. The quantitative estimate of drug-likeness (QED) is 0.408. The van der Waals surface area contributed by atoms with Gasteiger partial charge in [-0.1, -0.05) is 59.1 Å². The maximum atomic E-state index is 14.2. The topological polar surface area (TPSA) is 6.48 Å². The summed E-state index contributed by atoms with van der Waals surface area (Å²) in [6.45, 7) is 2.30. The summed E-state index contributed by atoms with van der Waals surface area (Å²) >= 11 is 18.6. The molecule has 0 radical (unpaired) electrons. The zero-order valence-electron chi connectivity index (χ0n) is 16.0. The van der Waals surface area contributed by atoms with E-state index in [4.69, 9.17) is 34.8 Å². The van der Waals surface area contributed by atoms with Crippen molar-refractivity contribution in [2.75, 3.05) is 24.5 Å². The van der Waals surface area contributed by atoms with Gasteiger partial charge in [0.1, 0.15) is 0 Å². The van der Waals surface area contributed by atoms with Crippen LogP contribution < -0.4 is 4.90 Å². The Morgan fingerprint density at radius 2 is 1.60 bits per heavy atom. The van der Waals surface area contributed by atoms with E-state index in [-0.39, 0.29) is 6.04 Å². The normalized spacial score (nSPS) is 17.4. The van der Waals surface area contributed by atoms with Gasteiger partial charge in [-0.3, -0.25) is 4.90 Å². The van der Waals surface area contributed by atoms with Gasteiger partial charge < -0.3 is 4.90 Å². The molecule has 3 aromatic carbocycles. The van der Waals surface area contributed by atoms with E-state index >= 15 is 0 Å². The van der Waals surface area contributed by atoms with Crippen molar-refractivity contribution < 1.29 is 8.78 Å². The summed E-state index contributed by atoms with van der Waals surface area (Å²) in [6, 6.07) is 17.4. The van der Waals surface area contributed by atoms with E-state index in [2.05, 4.69) is 9.80 Å². The van der Waals surface area contributed by atoms with Crippen LogP contribution in [0.25, 0.3) is 0 Å². The minimum absolute atomic E-state index is 0.0358. The molecule has 1 saturated heterocycles. The molecule has 2 nitrogen and oxygen atoms in total. The highest BCUT2D eigenvalue weighted by molar-refractivity contribution is 6.36. The van der Waals surface area contributed by atoms with Crippen LogP contribution in [0.1, 0.15) is 17.2 Å². The fourth-order valence-corrected chi connectivity index (χ4v) is 4.51. The number of hydrogen-bond donors (Lipinski definition) is 0. The second kappa shape index (κ2) is 9.11. The molecule has 1 aliphatic heterocycles. The number of hydrogen-bond acceptors (Lipinski definition) is 2. The number of piperazine rings is 1. The zero-order valence-corrected chi connectivity index (χ0v) is 18.2. The summed E-state index contributed by atoms with van der Waals surface area (Å²) in [5, 5.41) is 1.81. The Hall–Kier alpha value is -1.85. The lowest BCUT2D eigenvalue weighted by molar-refractivity contribution is 0.212. The Balaban J connectivity index is 1.64. The summed E-state index contributed by atoms with van der Waals surface area (Å²) in [4.78, 5) is 4.35. The molecule has 1 atom stereocenters. The van der Waals surface area contributed by atoms with Crippen LogP contribution in [-0.4, -0.2) is 24.5 Å². The van der Waals surface area contributed by atoms with Crippen molar-refractivity contribution in [3.63, 3.8) is 0 Å². The average Bonchev–Trinajstić information content (AvgIpc) is 2.72. The van der Waals surface area contributed by atoms with Gasteiger partial charge in [-0.05, 0) is 42.0 Å². The van der Waals surface area contributed by atoms with Crippen LogP contribution >= 0.6 is 34.8 Å². The molecular formula is C23H19Cl3F2N2. The highest BCUT2D eigenvalue weighted by Crippen LogP contribution is 2.37. The second-order valence-electron chi connectivity index (χ2n) is 7.30. The molecule has 4 rings (SSSR count). The molecular weight excluding hydrogens is 449 g/mol. The Morgan fingerprint density at radius 3 is 2.33 bits per heavy atom. The van der Waals surface area contributed by atoms with Gasteiger partial charge in [-0.15, -0.1) is 0 Å². The number of rotatable bonds is 4. The second-order valence-corrected chi connectivity index (χ2v) is 8.58.